The van der Waals surface area contributed by atoms with Crippen molar-refractivity contribution in [1.82, 2.24) is 4.57 Å². The van der Waals surface area contributed by atoms with Gasteiger partial charge in [-0.05, 0) is 56.2 Å². The topological polar surface area (TPSA) is 17.3 Å². The van der Waals surface area contributed by atoms with Gasteiger partial charge in [-0.25, -0.2) is 0 Å². The van der Waals surface area contributed by atoms with Gasteiger partial charge in [0.1, 0.15) is 0 Å². The van der Waals surface area contributed by atoms with Gasteiger partial charge in [-0.2, -0.15) is 0 Å². The average Bonchev–Trinajstić information content (AvgIpc) is 2.90. The van der Waals surface area contributed by atoms with Gasteiger partial charge < -0.3 is 4.57 Å². The molecule has 0 bridgehead atoms. The molecule has 3 aromatic rings. The number of hydrogen-bond donors (Lipinski definition) is 0. The van der Waals surface area contributed by atoms with Crippen LogP contribution in [-0.4, -0.2) is 10.8 Å². The van der Waals surface area contributed by atoms with Crippen molar-refractivity contribution in [2.45, 2.75) is 20.8 Å². The minimum atomic E-state index is 1.03. The number of aryl methyl sites for hydroxylation is 3. The van der Waals surface area contributed by atoms with E-state index in [1.54, 1.807) is 0 Å². The summed E-state index contributed by atoms with van der Waals surface area (Å²) in [6.45, 7) is 6.29. The molecule has 2 nitrogen and oxygen atoms in total. The van der Waals surface area contributed by atoms with Gasteiger partial charge in [-0.15, -0.1) is 0 Å². The summed E-state index contributed by atoms with van der Waals surface area (Å²) in [7, 11) is 0. The molecule has 0 radical (unpaired) electrons. The Morgan fingerprint density at radius 3 is 2.45 bits per heavy atom. The Morgan fingerprint density at radius 1 is 0.909 bits per heavy atom. The summed E-state index contributed by atoms with van der Waals surface area (Å²) in [5, 5.41) is 0. The SMILES string of the molecule is Cc1ccc(C)c(N=Cc2cc(C)n(-c3ccccc3)c2)c1. The molecule has 0 N–H and O–H groups in total. The maximum atomic E-state index is 4.65. The number of nitrogens with zero attached hydrogens (tertiary/aromatic N) is 2. The lowest BCUT2D eigenvalue weighted by Crippen LogP contribution is -1.93. The minimum Gasteiger partial charge on any atom is -0.321 e. The van der Waals surface area contributed by atoms with Gasteiger partial charge in [0, 0.05) is 29.4 Å². The van der Waals surface area contributed by atoms with Crippen LogP contribution in [0.4, 0.5) is 5.69 Å². The maximum absolute atomic E-state index is 4.65. The summed E-state index contributed by atoms with van der Waals surface area (Å²) >= 11 is 0. The molecule has 0 saturated heterocycles. The third-order valence-corrected chi connectivity index (χ3v) is 3.79. The molecule has 22 heavy (non-hydrogen) atoms. The molecule has 1 heterocycles. The Balaban J connectivity index is 1.91. The first-order chi connectivity index (χ1) is 10.6. The number of para-hydroxylation sites is 1. The predicted molar refractivity (Wildman–Crippen MR) is 93.7 cm³/mol. The van der Waals surface area contributed by atoms with Crippen LogP contribution in [0.1, 0.15) is 22.4 Å². The van der Waals surface area contributed by atoms with Crippen molar-refractivity contribution in [1.29, 1.82) is 0 Å². The quantitative estimate of drug-likeness (QED) is 0.593. The van der Waals surface area contributed by atoms with Gasteiger partial charge in [-0.3, -0.25) is 4.99 Å². The molecule has 110 valence electrons. The van der Waals surface area contributed by atoms with Gasteiger partial charge in [-0.1, -0.05) is 30.3 Å². The number of aromatic nitrogens is 1. The number of rotatable bonds is 3. The van der Waals surface area contributed by atoms with E-state index in [0.717, 1.165) is 11.3 Å². The fourth-order valence-electron chi connectivity index (χ4n) is 2.54. The van der Waals surface area contributed by atoms with Crippen LogP contribution in [-0.2, 0) is 0 Å². The van der Waals surface area contributed by atoms with Crippen molar-refractivity contribution in [3.63, 3.8) is 0 Å². The number of hydrogen-bond acceptors (Lipinski definition) is 1. The third kappa shape index (κ3) is 3.01. The summed E-state index contributed by atoms with van der Waals surface area (Å²) < 4.78 is 2.18. The van der Waals surface area contributed by atoms with E-state index in [4.69, 9.17) is 0 Å². The molecule has 0 atom stereocenters. The average molecular weight is 288 g/mol. The number of benzene rings is 2. The highest BCUT2D eigenvalue weighted by molar-refractivity contribution is 5.82. The molecule has 0 aliphatic heterocycles. The van der Waals surface area contributed by atoms with Crippen molar-refractivity contribution in [3.8, 4) is 5.69 Å². The molecule has 1 aromatic heterocycles. The lowest BCUT2D eigenvalue weighted by molar-refractivity contribution is 1.02. The van der Waals surface area contributed by atoms with E-state index in [0.29, 0.717) is 0 Å². The second kappa shape index (κ2) is 6.02. The fourth-order valence-corrected chi connectivity index (χ4v) is 2.54. The molecular weight excluding hydrogens is 268 g/mol. The van der Waals surface area contributed by atoms with E-state index in [1.165, 1.54) is 22.5 Å². The van der Waals surface area contributed by atoms with Gasteiger partial charge in [0.2, 0.25) is 0 Å². The van der Waals surface area contributed by atoms with E-state index < -0.39 is 0 Å². The second-order valence-corrected chi connectivity index (χ2v) is 5.67. The molecule has 0 aliphatic rings. The summed E-state index contributed by atoms with van der Waals surface area (Å²) in [5.74, 6) is 0. The zero-order valence-corrected chi connectivity index (χ0v) is 13.2. The molecule has 2 aromatic carbocycles. The lowest BCUT2D eigenvalue weighted by atomic mass is 10.1. The predicted octanol–water partition coefficient (Wildman–Crippen LogP) is 5.15. The largest absolute Gasteiger partial charge is 0.321 e. The van der Waals surface area contributed by atoms with Crippen LogP contribution in [0.15, 0.2) is 65.8 Å². The van der Waals surface area contributed by atoms with E-state index >= 15 is 0 Å². The van der Waals surface area contributed by atoms with Gasteiger partial charge in [0.25, 0.3) is 0 Å². The highest BCUT2D eigenvalue weighted by Gasteiger charge is 2.03. The molecule has 0 aliphatic carbocycles. The third-order valence-electron chi connectivity index (χ3n) is 3.79. The molecule has 0 saturated carbocycles. The summed E-state index contributed by atoms with van der Waals surface area (Å²) in [4.78, 5) is 4.65. The molecule has 0 fully saturated rings. The van der Waals surface area contributed by atoms with Crippen molar-refractivity contribution < 1.29 is 0 Å². The fraction of sp³-hybridized carbons (Fsp3) is 0.150. The smallest absolute Gasteiger partial charge is 0.0661 e. The van der Waals surface area contributed by atoms with Crippen LogP contribution < -0.4 is 0 Å². The highest BCUT2D eigenvalue weighted by atomic mass is 15.0. The van der Waals surface area contributed by atoms with Crippen molar-refractivity contribution in [2.24, 2.45) is 4.99 Å². The van der Waals surface area contributed by atoms with Gasteiger partial charge in [0.15, 0.2) is 0 Å². The van der Waals surface area contributed by atoms with E-state index in [9.17, 15) is 0 Å². The minimum absolute atomic E-state index is 1.03. The van der Waals surface area contributed by atoms with Crippen LogP contribution in [0.3, 0.4) is 0 Å². The van der Waals surface area contributed by atoms with Gasteiger partial charge >= 0.3 is 0 Å². The maximum Gasteiger partial charge on any atom is 0.0661 e. The van der Waals surface area contributed by atoms with Crippen molar-refractivity contribution >= 4 is 11.9 Å². The standard InChI is InChI=1S/C20H20N2/c1-15-9-10-16(2)20(11-15)21-13-18-12-17(3)22(14-18)19-7-5-4-6-8-19/h4-14H,1-3H3. The Morgan fingerprint density at radius 2 is 1.68 bits per heavy atom. The molecule has 3 rings (SSSR count). The Labute approximate surface area is 131 Å². The Hall–Kier alpha value is -2.61. The number of aliphatic imine (C=N–C) groups is 1. The summed E-state index contributed by atoms with van der Waals surface area (Å²) in [6, 6.07) is 18.9. The second-order valence-electron chi connectivity index (χ2n) is 5.67. The summed E-state index contributed by atoms with van der Waals surface area (Å²) in [6.07, 6.45) is 4.06. The van der Waals surface area contributed by atoms with Crippen molar-refractivity contribution in [3.05, 3.63) is 83.2 Å². The lowest BCUT2D eigenvalue weighted by Gasteiger charge is -2.04. The molecule has 0 unspecified atom stereocenters. The first kappa shape index (κ1) is 14.3. The first-order valence-corrected chi connectivity index (χ1v) is 7.49. The van der Waals surface area contributed by atoms with Crippen LogP contribution >= 0.6 is 0 Å². The molecule has 0 amide bonds. The van der Waals surface area contributed by atoms with E-state index in [2.05, 4.69) is 85.1 Å². The van der Waals surface area contributed by atoms with E-state index in [1.807, 2.05) is 12.3 Å². The zero-order valence-electron chi connectivity index (χ0n) is 13.2. The Bertz CT molecular complexity index is 811. The van der Waals surface area contributed by atoms with E-state index in [-0.39, 0.29) is 0 Å². The molecule has 2 heteroatoms. The zero-order chi connectivity index (χ0) is 15.5. The Kier molecular flexibility index (Phi) is 3.92. The van der Waals surface area contributed by atoms with Crippen molar-refractivity contribution in [2.75, 3.05) is 0 Å². The van der Waals surface area contributed by atoms with Crippen LogP contribution in [0.25, 0.3) is 5.69 Å². The highest BCUT2D eigenvalue weighted by Crippen LogP contribution is 2.20. The van der Waals surface area contributed by atoms with Crippen LogP contribution in [0.2, 0.25) is 0 Å². The summed E-state index contributed by atoms with van der Waals surface area (Å²) in [5.41, 5.74) is 6.95. The normalized spacial score (nSPS) is 11.2. The van der Waals surface area contributed by atoms with Crippen LogP contribution in [0, 0.1) is 20.8 Å². The molecule has 0 spiro atoms. The monoisotopic (exact) mass is 288 g/mol. The first-order valence-electron chi connectivity index (χ1n) is 7.49. The van der Waals surface area contributed by atoms with Gasteiger partial charge in [0.05, 0.1) is 5.69 Å². The molecular formula is C20H20N2. The van der Waals surface area contributed by atoms with Crippen LogP contribution in [0.5, 0.6) is 0 Å².